The molecule has 0 unspecified atom stereocenters. The first-order valence-corrected chi connectivity index (χ1v) is 8.20. The first-order valence-electron chi connectivity index (χ1n) is 7.43. The summed E-state index contributed by atoms with van der Waals surface area (Å²) in [7, 11) is 3.60. The van der Waals surface area contributed by atoms with E-state index in [1.54, 1.807) is 16.6 Å². The molecule has 2 aromatic heterocycles. The van der Waals surface area contributed by atoms with Gasteiger partial charge in [-0.1, -0.05) is 30.3 Å². The molecule has 3 aromatic rings. The zero-order valence-electron chi connectivity index (χ0n) is 13.7. The van der Waals surface area contributed by atoms with Gasteiger partial charge in [0.15, 0.2) is 5.82 Å². The van der Waals surface area contributed by atoms with Crippen LogP contribution < -0.4 is 5.32 Å². The van der Waals surface area contributed by atoms with E-state index in [9.17, 15) is 4.79 Å². The molecule has 0 saturated carbocycles. The number of rotatable bonds is 4. The Labute approximate surface area is 144 Å². The Kier molecular flexibility index (Phi) is 4.57. The van der Waals surface area contributed by atoms with Crippen LogP contribution >= 0.6 is 11.5 Å². The summed E-state index contributed by atoms with van der Waals surface area (Å²) in [5.41, 5.74) is 2.85. The molecule has 124 valence electrons. The Morgan fingerprint density at radius 2 is 2.08 bits per heavy atom. The number of carbonyl (C=O) groups is 1. The maximum Gasteiger partial charge on any atom is 0.323 e. The molecule has 0 aliphatic rings. The lowest BCUT2D eigenvalue weighted by molar-refractivity contribution is 0.220. The van der Waals surface area contributed by atoms with Crippen molar-refractivity contribution in [1.29, 1.82) is 0 Å². The van der Waals surface area contributed by atoms with Crippen molar-refractivity contribution in [1.82, 2.24) is 24.0 Å². The largest absolute Gasteiger partial charge is 0.323 e. The fourth-order valence-corrected chi connectivity index (χ4v) is 2.88. The summed E-state index contributed by atoms with van der Waals surface area (Å²) in [4.78, 5) is 18.3. The first kappa shape index (κ1) is 16.1. The Bertz CT molecular complexity index is 841. The third-order valence-electron chi connectivity index (χ3n) is 3.54. The number of benzene rings is 1. The van der Waals surface area contributed by atoms with Crippen LogP contribution in [0.5, 0.6) is 0 Å². The second-order valence-electron chi connectivity index (χ2n) is 5.49. The smallest absolute Gasteiger partial charge is 0.323 e. The van der Waals surface area contributed by atoms with Gasteiger partial charge in [0.05, 0.1) is 12.2 Å². The molecule has 0 aliphatic heterocycles. The second-order valence-corrected chi connectivity index (χ2v) is 6.24. The maximum atomic E-state index is 12.3. The average molecular weight is 342 g/mol. The van der Waals surface area contributed by atoms with Crippen LogP contribution in [0.4, 0.5) is 9.93 Å². The highest BCUT2D eigenvalue weighted by molar-refractivity contribution is 7.10. The van der Waals surface area contributed by atoms with Gasteiger partial charge in [0, 0.05) is 43.0 Å². The molecule has 0 radical (unpaired) electrons. The van der Waals surface area contributed by atoms with Gasteiger partial charge in [-0.15, -0.1) is 0 Å². The zero-order valence-corrected chi connectivity index (χ0v) is 14.5. The molecule has 0 atom stereocenters. The van der Waals surface area contributed by atoms with E-state index < -0.39 is 0 Å². The predicted octanol–water partition coefficient (Wildman–Crippen LogP) is 2.91. The topological polar surface area (TPSA) is 75.9 Å². The molecular formula is C16H18N6OS. The van der Waals surface area contributed by atoms with Crippen molar-refractivity contribution in [3.63, 3.8) is 0 Å². The van der Waals surface area contributed by atoms with Crippen molar-refractivity contribution in [3.8, 4) is 11.4 Å². The van der Waals surface area contributed by atoms with Crippen molar-refractivity contribution >= 4 is 22.7 Å². The van der Waals surface area contributed by atoms with E-state index in [1.165, 1.54) is 11.5 Å². The van der Waals surface area contributed by atoms with Crippen LogP contribution in [0.15, 0.2) is 36.5 Å². The van der Waals surface area contributed by atoms with E-state index in [0.717, 1.165) is 16.8 Å². The minimum atomic E-state index is -0.228. The minimum Gasteiger partial charge on any atom is -0.323 e. The van der Waals surface area contributed by atoms with Gasteiger partial charge in [0.25, 0.3) is 0 Å². The molecule has 8 heteroatoms. The molecule has 1 aromatic carbocycles. The summed E-state index contributed by atoms with van der Waals surface area (Å²) in [5.74, 6) is 0.613. The third-order valence-corrected chi connectivity index (χ3v) is 4.17. The molecule has 0 bridgehead atoms. The van der Waals surface area contributed by atoms with Crippen molar-refractivity contribution in [2.75, 3.05) is 12.4 Å². The standard InChI is InChI=1S/C16H18N6OS/c1-11-13(10-22(3)19-11)9-21(2)16(23)18-15-17-14(20-24-15)12-7-5-4-6-8-12/h4-8,10H,9H2,1-3H3,(H,17,18,20,23). The van der Waals surface area contributed by atoms with Gasteiger partial charge < -0.3 is 4.90 Å². The number of nitrogens with one attached hydrogen (secondary N) is 1. The van der Waals surface area contributed by atoms with Crippen LogP contribution in [0, 0.1) is 6.92 Å². The number of nitrogens with zero attached hydrogens (tertiary/aromatic N) is 5. The molecule has 0 saturated heterocycles. The molecule has 1 N–H and O–H groups in total. The summed E-state index contributed by atoms with van der Waals surface area (Å²) >= 11 is 1.17. The molecule has 2 amide bonds. The minimum absolute atomic E-state index is 0.228. The van der Waals surface area contributed by atoms with Crippen molar-refractivity contribution in [2.24, 2.45) is 7.05 Å². The number of hydrogen-bond acceptors (Lipinski definition) is 5. The third kappa shape index (κ3) is 3.60. The van der Waals surface area contributed by atoms with Crippen molar-refractivity contribution < 1.29 is 4.79 Å². The first-order chi connectivity index (χ1) is 11.5. The van der Waals surface area contributed by atoms with Gasteiger partial charge in [0.2, 0.25) is 5.13 Å². The summed E-state index contributed by atoms with van der Waals surface area (Å²) in [6.07, 6.45) is 1.91. The second kappa shape index (κ2) is 6.79. The van der Waals surface area contributed by atoms with E-state index in [0.29, 0.717) is 17.5 Å². The van der Waals surface area contributed by atoms with E-state index in [-0.39, 0.29) is 6.03 Å². The average Bonchev–Trinajstić information content (AvgIpc) is 3.15. The lowest BCUT2D eigenvalue weighted by Gasteiger charge is -2.16. The lowest BCUT2D eigenvalue weighted by atomic mass is 10.2. The normalized spacial score (nSPS) is 10.6. The zero-order chi connectivity index (χ0) is 17.1. The fraction of sp³-hybridized carbons (Fsp3) is 0.250. The van der Waals surface area contributed by atoms with E-state index >= 15 is 0 Å². The molecule has 24 heavy (non-hydrogen) atoms. The number of hydrogen-bond donors (Lipinski definition) is 1. The SMILES string of the molecule is Cc1nn(C)cc1CN(C)C(=O)Nc1nc(-c2ccccc2)ns1. The number of aromatic nitrogens is 4. The van der Waals surface area contributed by atoms with Crippen LogP contribution in [0.1, 0.15) is 11.3 Å². The summed E-state index contributed by atoms with van der Waals surface area (Å²) in [6, 6.07) is 9.44. The number of urea groups is 1. The molecule has 7 nitrogen and oxygen atoms in total. The van der Waals surface area contributed by atoms with Crippen LogP contribution in [-0.4, -0.2) is 37.1 Å². The quantitative estimate of drug-likeness (QED) is 0.791. The van der Waals surface area contributed by atoms with E-state index in [1.807, 2.05) is 50.5 Å². The summed E-state index contributed by atoms with van der Waals surface area (Å²) < 4.78 is 6.03. The van der Waals surface area contributed by atoms with Gasteiger partial charge in [0.1, 0.15) is 0 Å². The maximum absolute atomic E-state index is 12.3. The molecule has 0 spiro atoms. The molecular weight excluding hydrogens is 324 g/mol. The monoisotopic (exact) mass is 342 g/mol. The Morgan fingerprint density at radius 3 is 2.75 bits per heavy atom. The number of carbonyl (C=O) groups excluding carboxylic acids is 1. The van der Waals surface area contributed by atoms with Gasteiger partial charge in [-0.05, 0) is 6.92 Å². The number of anilines is 1. The molecule has 0 fully saturated rings. The Balaban J connectivity index is 1.64. The molecule has 2 heterocycles. The molecule has 3 rings (SSSR count). The molecule has 0 aliphatic carbocycles. The Morgan fingerprint density at radius 1 is 1.33 bits per heavy atom. The van der Waals surface area contributed by atoms with E-state index in [2.05, 4.69) is 19.8 Å². The van der Waals surface area contributed by atoms with Crippen molar-refractivity contribution in [2.45, 2.75) is 13.5 Å². The summed E-state index contributed by atoms with van der Waals surface area (Å²) in [6.45, 7) is 2.41. The number of aryl methyl sites for hydroxylation is 2. The number of amides is 2. The van der Waals surface area contributed by atoms with Crippen LogP contribution in [0.2, 0.25) is 0 Å². The van der Waals surface area contributed by atoms with Crippen LogP contribution in [0.25, 0.3) is 11.4 Å². The highest BCUT2D eigenvalue weighted by Crippen LogP contribution is 2.21. The lowest BCUT2D eigenvalue weighted by Crippen LogP contribution is -2.30. The van der Waals surface area contributed by atoms with Crippen LogP contribution in [0.3, 0.4) is 0 Å². The Hall–Kier alpha value is -2.74. The van der Waals surface area contributed by atoms with Crippen molar-refractivity contribution in [3.05, 3.63) is 47.8 Å². The van der Waals surface area contributed by atoms with E-state index in [4.69, 9.17) is 0 Å². The highest BCUT2D eigenvalue weighted by atomic mass is 32.1. The van der Waals surface area contributed by atoms with Crippen LogP contribution in [-0.2, 0) is 13.6 Å². The van der Waals surface area contributed by atoms with Gasteiger partial charge in [-0.25, -0.2) is 4.79 Å². The van der Waals surface area contributed by atoms with Gasteiger partial charge in [-0.2, -0.15) is 14.5 Å². The highest BCUT2D eigenvalue weighted by Gasteiger charge is 2.15. The van der Waals surface area contributed by atoms with Gasteiger partial charge >= 0.3 is 6.03 Å². The fourth-order valence-electron chi connectivity index (χ4n) is 2.30. The summed E-state index contributed by atoms with van der Waals surface area (Å²) in [5, 5.41) is 7.55. The van der Waals surface area contributed by atoms with Gasteiger partial charge in [-0.3, -0.25) is 10.00 Å². The predicted molar refractivity (Wildman–Crippen MR) is 93.8 cm³/mol.